The molecule has 0 fully saturated rings. The standard InChI is InChI=1S/C17H17NO4/c1-22-15-9-7-13(8-10-15)11-18(17(20)21)16(12-19)14-5-3-2-4-6-14/h2-10,12,16H,11H2,1H3,(H,20,21). The fourth-order valence-electron chi connectivity index (χ4n) is 2.19. The number of rotatable bonds is 6. The maximum atomic E-state index is 11.5. The second kappa shape index (κ2) is 7.26. The van der Waals surface area contributed by atoms with Crippen molar-refractivity contribution in [2.45, 2.75) is 12.6 Å². The summed E-state index contributed by atoms with van der Waals surface area (Å²) in [5.74, 6) is 0.695. The minimum atomic E-state index is -1.14. The molecule has 0 aliphatic rings. The van der Waals surface area contributed by atoms with Gasteiger partial charge in [-0.05, 0) is 23.3 Å². The van der Waals surface area contributed by atoms with Gasteiger partial charge >= 0.3 is 6.09 Å². The average Bonchev–Trinajstić information content (AvgIpc) is 2.56. The van der Waals surface area contributed by atoms with Gasteiger partial charge in [0.15, 0.2) is 0 Å². The van der Waals surface area contributed by atoms with Gasteiger partial charge in [-0.1, -0.05) is 42.5 Å². The van der Waals surface area contributed by atoms with E-state index in [0.717, 1.165) is 10.5 Å². The minimum Gasteiger partial charge on any atom is -0.497 e. The first-order chi connectivity index (χ1) is 10.7. The van der Waals surface area contributed by atoms with Crippen molar-refractivity contribution in [1.29, 1.82) is 0 Å². The van der Waals surface area contributed by atoms with Crippen LogP contribution < -0.4 is 4.74 Å². The van der Waals surface area contributed by atoms with E-state index < -0.39 is 12.1 Å². The Morgan fingerprint density at radius 1 is 1.18 bits per heavy atom. The molecule has 1 amide bonds. The van der Waals surface area contributed by atoms with Gasteiger partial charge in [-0.2, -0.15) is 0 Å². The van der Waals surface area contributed by atoms with Crippen LogP contribution in [-0.4, -0.2) is 29.5 Å². The van der Waals surface area contributed by atoms with Crippen molar-refractivity contribution in [3.8, 4) is 5.75 Å². The van der Waals surface area contributed by atoms with Crippen molar-refractivity contribution in [1.82, 2.24) is 4.90 Å². The molecule has 0 aliphatic carbocycles. The highest BCUT2D eigenvalue weighted by Gasteiger charge is 2.24. The third-order valence-electron chi connectivity index (χ3n) is 3.36. The normalized spacial score (nSPS) is 11.5. The number of carbonyl (C=O) groups is 2. The number of benzene rings is 2. The van der Waals surface area contributed by atoms with Gasteiger partial charge in [0.1, 0.15) is 18.1 Å². The lowest BCUT2D eigenvalue weighted by atomic mass is 10.1. The Morgan fingerprint density at radius 2 is 1.82 bits per heavy atom. The summed E-state index contributed by atoms with van der Waals surface area (Å²) in [5.41, 5.74) is 1.43. The fourth-order valence-corrected chi connectivity index (χ4v) is 2.19. The minimum absolute atomic E-state index is 0.123. The molecule has 0 spiro atoms. The van der Waals surface area contributed by atoms with Crippen molar-refractivity contribution in [3.05, 3.63) is 65.7 Å². The number of ether oxygens (including phenoxy) is 1. The highest BCUT2D eigenvalue weighted by Crippen LogP contribution is 2.22. The van der Waals surface area contributed by atoms with E-state index in [1.165, 1.54) is 0 Å². The van der Waals surface area contributed by atoms with Gasteiger partial charge < -0.3 is 14.6 Å². The topological polar surface area (TPSA) is 66.8 Å². The Bertz CT molecular complexity index is 625. The molecule has 1 N–H and O–H groups in total. The number of carbonyl (C=O) groups excluding carboxylic acids is 1. The molecule has 1 atom stereocenters. The summed E-state index contributed by atoms with van der Waals surface area (Å²) in [7, 11) is 1.57. The summed E-state index contributed by atoms with van der Waals surface area (Å²) < 4.78 is 5.07. The van der Waals surface area contributed by atoms with Gasteiger partial charge in [0, 0.05) is 0 Å². The van der Waals surface area contributed by atoms with Crippen molar-refractivity contribution in [2.24, 2.45) is 0 Å². The fraction of sp³-hybridized carbons (Fsp3) is 0.176. The molecule has 0 saturated carbocycles. The molecule has 2 aromatic rings. The Balaban J connectivity index is 2.24. The Hall–Kier alpha value is -2.82. The Morgan fingerprint density at radius 3 is 2.32 bits per heavy atom. The van der Waals surface area contributed by atoms with Crippen molar-refractivity contribution < 1.29 is 19.4 Å². The van der Waals surface area contributed by atoms with Crippen LogP contribution >= 0.6 is 0 Å². The highest BCUT2D eigenvalue weighted by molar-refractivity contribution is 5.73. The summed E-state index contributed by atoms with van der Waals surface area (Å²) in [6.45, 7) is 0.123. The smallest absolute Gasteiger partial charge is 0.408 e. The zero-order valence-corrected chi connectivity index (χ0v) is 12.2. The number of amides is 1. The quantitative estimate of drug-likeness (QED) is 0.832. The van der Waals surface area contributed by atoms with E-state index in [4.69, 9.17) is 4.74 Å². The number of aldehydes is 1. The third-order valence-corrected chi connectivity index (χ3v) is 3.36. The molecule has 114 valence electrons. The molecule has 5 nitrogen and oxygen atoms in total. The van der Waals surface area contributed by atoms with Crippen LogP contribution in [0.1, 0.15) is 17.2 Å². The van der Waals surface area contributed by atoms with Gasteiger partial charge in [0.2, 0.25) is 0 Å². The second-order valence-electron chi connectivity index (χ2n) is 4.75. The highest BCUT2D eigenvalue weighted by atomic mass is 16.5. The third kappa shape index (κ3) is 3.63. The number of hydrogen-bond acceptors (Lipinski definition) is 3. The number of nitrogens with zero attached hydrogens (tertiary/aromatic N) is 1. The molecule has 0 saturated heterocycles. The van der Waals surface area contributed by atoms with E-state index in [2.05, 4.69) is 0 Å². The number of methoxy groups -OCH3 is 1. The maximum absolute atomic E-state index is 11.5. The Labute approximate surface area is 128 Å². The van der Waals surface area contributed by atoms with E-state index >= 15 is 0 Å². The van der Waals surface area contributed by atoms with Crippen LogP contribution in [-0.2, 0) is 11.3 Å². The first kappa shape index (κ1) is 15.6. The Kier molecular flexibility index (Phi) is 5.14. The van der Waals surface area contributed by atoms with Gasteiger partial charge in [0.25, 0.3) is 0 Å². The van der Waals surface area contributed by atoms with Gasteiger partial charge in [0.05, 0.1) is 13.7 Å². The monoisotopic (exact) mass is 299 g/mol. The SMILES string of the molecule is COc1ccc(CN(C(=O)O)C(C=O)c2ccccc2)cc1. The van der Waals surface area contributed by atoms with Gasteiger partial charge in [-0.3, -0.25) is 4.90 Å². The van der Waals surface area contributed by atoms with Crippen LogP contribution in [0.25, 0.3) is 0 Å². The molecular weight excluding hydrogens is 282 g/mol. The molecule has 0 aromatic heterocycles. The van der Waals surface area contributed by atoms with Crippen LogP contribution in [0.5, 0.6) is 5.75 Å². The van der Waals surface area contributed by atoms with Crippen LogP contribution in [0.4, 0.5) is 4.79 Å². The first-order valence-electron chi connectivity index (χ1n) is 6.78. The molecule has 2 rings (SSSR count). The predicted octanol–water partition coefficient (Wildman–Crippen LogP) is 3.12. The second-order valence-corrected chi connectivity index (χ2v) is 4.75. The lowest BCUT2D eigenvalue weighted by molar-refractivity contribution is -0.112. The summed E-state index contributed by atoms with van der Waals surface area (Å²) in [6, 6.07) is 15.1. The first-order valence-corrected chi connectivity index (χ1v) is 6.78. The van der Waals surface area contributed by atoms with E-state index in [9.17, 15) is 14.7 Å². The number of hydrogen-bond donors (Lipinski definition) is 1. The molecule has 1 unspecified atom stereocenters. The largest absolute Gasteiger partial charge is 0.497 e. The van der Waals surface area contributed by atoms with E-state index in [0.29, 0.717) is 17.6 Å². The van der Waals surface area contributed by atoms with Gasteiger partial charge in [-0.15, -0.1) is 0 Å². The summed E-state index contributed by atoms with van der Waals surface area (Å²) in [6.07, 6.45) is -0.496. The molecule has 0 heterocycles. The van der Waals surface area contributed by atoms with Gasteiger partial charge in [-0.25, -0.2) is 4.79 Å². The molecule has 22 heavy (non-hydrogen) atoms. The molecule has 0 radical (unpaired) electrons. The predicted molar refractivity (Wildman–Crippen MR) is 81.8 cm³/mol. The maximum Gasteiger partial charge on any atom is 0.408 e. The lowest BCUT2D eigenvalue weighted by Gasteiger charge is -2.25. The summed E-state index contributed by atoms with van der Waals surface area (Å²) in [4.78, 5) is 24.1. The van der Waals surface area contributed by atoms with Crippen LogP contribution in [0.15, 0.2) is 54.6 Å². The molecule has 2 aromatic carbocycles. The van der Waals surface area contributed by atoms with Crippen molar-refractivity contribution >= 4 is 12.4 Å². The molecule has 5 heteroatoms. The zero-order valence-electron chi connectivity index (χ0n) is 12.2. The van der Waals surface area contributed by atoms with Crippen LogP contribution in [0.2, 0.25) is 0 Å². The van der Waals surface area contributed by atoms with E-state index in [-0.39, 0.29) is 6.54 Å². The summed E-state index contributed by atoms with van der Waals surface area (Å²) >= 11 is 0. The average molecular weight is 299 g/mol. The lowest BCUT2D eigenvalue weighted by Crippen LogP contribution is -2.34. The summed E-state index contributed by atoms with van der Waals surface area (Å²) in [5, 5.41) is 9.44. The van der Waals surface area contributed by atoms with E-state index in [1.807, 2.05) is 6.07 Å². The number of carboxylic acid groups (broad SMARTS) is 1. The molecular formula is C17H17NO4. The molecule has 0 aliphatic heterocycles. The van der Waals surface area contributed by atoms with E-state index in [1.54, 1.807) is 55.6 Å². The molecule has 0 bridgehead atoms. The van der Waals surface area contributed by atoms with Crippen LogP contribution in [0.3, 0.4) is 0 Å². The zero-order chi connectivity index (χ0) is 15.9. The van der Waals surface area contributed by atoms with Crippen molar-refractivity contribution in [2.75, 3.05) is 7.11 Å². The van der Waals surface area contributed by atoms with Crippen molar-refractivity contribution in [3.63, 3.8) is 0 Å². The van der Waals surface area contributed by atoms with Crippen LogP contribution in [0, 0.1) is 0 Å².